The first-order valence-electron chi connectivity index (χ1n) is 5.37. The van der Waals surface area contributed by atoms with Crippen LogP contribution in [0.4, 0.5) is 0 Å². The molecule has 1 heterocycles. The third kappa shape index (κ3) is 5.19. The summed E-state index contributed by atoms with van der Waals surface area (Å²) in [6, 6.07) is 3.45. The van der Waals surface area contributed by atoms with Gasteiger partial charge in [-0.2, -0.15) is 0 Å². The molecular formula is C12H18O4S. The van der Waals surface area contributed by atoms with Crippen LogP contribution in [0, 0.1) is 0 Å². The lowest BCUT2D eigenvalue weighted by atomic mass is 10.2. The van der Waals surface area contributed by atoms with Crippen molar-refractivity contribution in [2.24, 2.45) is 0 Å². The molecule has 0 fully saturated rings. The van der Waals surface area contributed by atoms with Crippen LogP contribution in [0.5, 0.6) is 5.06 Å². The smallest absolute Gasteiger partial charge is 0.348 e. The van der Waals surface area contributed by atoms with Crippen molar-refractivity contribution in [2.45, 2.75) is 26.4 Å². The monoisotopic (exact) mass is 258 g/mol. The second kappa shape index (κ2) is 6.02. The van der Waals surface area contributed by atoms with E-state index >= 15 is 0 Å². The summed E-state index contributed by atoms with van der Waals surface area (Å²) in [5, 5.41) is 0.697. The van der Waals surface area contributed by atoms with Gasteiger partial charge in [0.1, 0.15) is 11.5 Å². The van der Waals surface area contributed by atoms with Gasteiger partial charge in [-0.15, -0.1) is 0 Å². The van der Waals surface area contributed by atoms with Crippen molar-refractivity contribution in [2.75, 3.05) is 20.3 Å². The van der Waals surface area contributed by atoms with Crippen LogP contribution in [-0.2, 0) is 9.47 Å². The summed E-state index contributed by atoms with van der Waals surface area (Å²) in [5.41, 5.74) is -0.157. The number of ether oxygens (including phenoxy) is 3. The number of esters is 1. The molecule has 0 aliphatic heterocycles. The van der Waals surface area contributed by atoms with Gasteiger partial charge in [0.2, 0.25) is 0 Å². The van der Waals surface area contributed by atoms with E-state index in [1.807, 2.05) is 20.8 Å². The highest BCUT2D eigenvalue weighted by atomic mass is 32.1. The zero-order chi connectivity index (χ0) is 12.9. The molecule has 5 heteroatoms. The summed E-state index contributed by atoms with van der Waals surface area (Å²) in [7, 11) is 1.36. The summed E-state index contributed by atoms with van der Waals surface area (Å²) in [6.07, 6.45) is 0. The average Bonchev–Trinajstić information content (AvgIpc) is 2.70. The van der Waals surface area contributed by atoms with E-state index in [1.165, 1.54) is 18.4 Å². The summed E-state index contributed by atoms with van der Waals surface area (Å²) in [6.45, 7) is 6.97. The molecule has 0 N–H and O–H groups in total. The number of carbonyl (C=O) groups excluding carboxylic acids is 1. The van der Waals surface area contributed by atoms with Gasteiger partial charge in [0, 0.05) is 0 Å². The molecule has 0 amide bonds. The van der Waals surface area contributed by atoms with Gasteiger partial charge in [0.05, 0.1) is 19.3 Å². The fourth-order valence-electron chi connectivity index (χ4n) is 1.10. The van der Waals surface area contributed by atoms with Gasteiger partial charge in [-0.1, -0.05) is 11.3 Å². The molecule has 0 saturated heterocycles. The normalized spacial score (nSPS) is 11.3. The Bertz CT molecular complexity index is 365. The molecule has 0 atom stereocenters. The highest BCUT2D eigenvalue weighted by Gasteiger charge is 2.11. The lowest BCUT2D eigenvalue weighted by molar-refractivity contribution is -0.0158. The van der Waals surface area contributed by atoms with Gasteiger partial charge >= 0.3 is 5.97 Å². The Labute approximate surface area is 105 Å². The molecular weight excluding hydrogens is 240 g/mol. The first-order valence-corrected chi connectivity index (χ1v) is 6.19. The summed E-state index contributed by atoms with van der Waals surface area (Å²) in [5.74, 6) is -0.337. The molecule has 0 aliphatic carbocycles. The van der Waals surface area contributed by atoms with Crippen LogP contribution in [-0.4, -0.2) is 31.9 Å². The highest BCUT2D eigenvalue weighted by Crippen LogP contribution is 2.24. The van der Waals surface area contributed by atoms with Crippen molar-refractivity contribution in [1.29, 1.82) is 0 Å². The van der Waals surface area contributed by atoms with Crippen molar-refractivity contribution in [1.82, 2.24) is 0 Å². The molecule has 1 aromatic rings. The number of hydrogen-bond acceptors (Lipinski definition) is 5. The van der Waals surface area contributed by atoms with Gasteiger partial charge in [-0.3, -0.25) is 0 Å². The summed E-state index contributed by atoms with van der Waals surface area (Å²) < 4.78 is 15.6. The van der Waals surface area contributed by atoms with Gasteiger partial charge in [0.15, 0.2) is 5.06 Å². The Kier molecular flexibility index (Phi) is 4.96. The first-order chi connectivity index (χ1) is 7.92. The van der Waals surface area contributed by atoms with Gasteiger partial charge in [-0.05, 0) is 32.9 Å². The molecule has 0 spiro atoms. The molecule has 0 saturated carbocycles. The topological polar surface area (TPSA) is 44.8 Å². The van der Waals surface area contributed by atoms with Gasteiger partial charge in [0.25, 0.3) is 0 Å². The van der Waals surface area contributed by atoms with E-state index in [4.69, 9.17) is 9.47 Å². The number of carbonyl (C=O) groups is 1. The minimum Gasteiger partial charge on any atom is -0.482 e. The number of rotatable bonds is 5. The lowest BCUT2D eigenvalue weighted by Crippen LogP contribution is -2.22. The predicted octanol–water partition coefficient (Wildman–Crippen LogP) is 2.73. The van der Waals surface area contributed by atoms with Crippen molar-refractivity contribution in [3.63, 3.8) is 0 Å². The first kappa shape index (κ1) is 14.0. The van der Waals surface area contributed by atoms with Gasteiger partial charge in [-0.25, -0.2) is 4.79 Å². The third-order valence-corrected chi connectivity index (χ3v) is 2.81. The van der Waals surface area contributed by atoms with E-state index in [2.05, 4.69) is 4.74 Å². The highest BCUT2D eigenvalue weighted by molar-refractivity contribution is 7.15. The number of methoxy groups -OCH3 is 1. The molecule has 0 aliphatic rings. The molecule has 0 unspecified atom stereocenters. The van der Waals surface area contributed by atoms with E-state index in [0.717, 1.165) is 0 Å². The van der Waals surface area contributed by atoms with E-state index in [9.17, 15) is 4.79 Å². The fraction of sp³-hybridized carbons (Fsp3) is 0.583. The molecule has 1 aromatic heterocycles. The molecule has 0 aromatic carbocycles. The number of thiophene rings is 1. The van der Waals surface area contributed by atoms with Crippen LogP contribution in [0.25, 0.3) is 0 Å². The lowest BCUT2D eigenvalue weighted by Gasteiger charge is -2.19. The molecule has 4 nitrogen and oxygen atoms in total. The van der Waals surface area contributed by atoms with Crippen molar-refractivity contribution < 1.29 is 19.0 Å². The molecule has 0 radical (unpaired) electrons. The van der Waals surface area contributed by atoms with Crippen molar-refractivity contribution in [3.8, 4) is 5.06 Å². The second-order valence-corrected chi connectivity index (χ2v) is 5.47. The molecule has 0 bridgehead atoms. The summed E-state index contributed by atoms with van der Waals surface area (Å²) in [4.78, 5) is 11.7. The van der Waals surface area contributed by atoms with Crippen LogP contribution < -0.4 is 4.74 Å². The fourth-order valence-corrected chi connectivity index (χ4v) is 1.90. The molecule has 1 rings (SSSR count). The summed E-state index contributed by atoms with van der Waals surface area (Å²) >= 11 is 1.27. The largest absolute Gasteiger partial charge is 0.482 e. The predicted molar refractivity (Wildman–Crippen MR) is 66.9 cm³/mol. The number of hydrogen-bond donors (Lipinski definition) is 0. The molecule has 96 valence electrons. The van der Waals surface area contributed by atoms with Crippen LogP contribution in [0.15, 0.2) is 12.1 Å². The maximum absolute atomic E-state index is 11.2. The van der Waals surface area contributed by atoms with Crippen LogP contribution in [0.2, 0.25) is 0 Å². The Morgan fingerprint density at radius 3 is 2.59 bits per heavy atom. The van der Waals surface area contributed by atoms with Crippen molar-refractivity contribution >= 4 is 17.3 Å². The van der Waals surface area contributed by atoms with E-state index in [1.54, 1.807) is 12.1 Å². The third-order valence-electron chi connectivity index (χ3n) is 1.83. The Balaban J connectivity index is 2.33. The van der Waals surface area contributed by atoms with Crippen LogP contribution >= 0.6 is 11.3 Å². The maximum atomic E-state index is 11.2. The maximum Gasteiger partial charge on any atom is 0.348 e. The minimum absolute atomic E-state index is 0.157. The average molecular weight is 258 g/mol. The Morgan fingerprint density at radius 2 is 2.00 bits per heavy atom. The second-order valence-electron chi connectivity index (χ2n) is 4.42. The van der Waals surface area contributed by atoms with Crippen LogP contribution in [0.3, 0.4) is 0 Å². The SMILES string of the molecule is COC(=O)c1ccc(OCCOC(C)(C)C)s1. The minimum atomic E-state index is -0.337. The van der Waals surface area contributed by atoms with Gasteiger partial charge < -0.3 is 14.2 Å². The standard InChI is InChI=1S/C12H18O4S/c1-12(2,3)16-8-7-15-10-6-5-9(17-10)11(13)14-4/h5-6H,7-8H2,1-4H3. The van der Waals surface area contributed by atoms with E-state index < -0.39 is 0 Å². The molecule has 17 heavy (non-hydrogen) atoms. The quantitative estimate of drug-likeness (QED) is 0.601. The van der Waals surface area contributed by atoms with Crippen LogP contribution in [0.1, 0.15) is 30.4 Å². The zero-order valence-electron chi connectivity index (χ0n) is 10.6. The van der Waals surface area contributed by atoms with E-state index in [0.29, 0.717) is 23.2 Å². The Hall–Kier alpha value is -1.07. The van der Waals surface area contributed by atoms with Crippen molar-refractivity contribution in [3.05, 3.63) is 17.0 Å². The van der Waals surface area contributed by atoms with E-state index in [-0.39, 0.29) is 11.6 Å². The zero-order valence-corrected chi connectivity index (χ0v) is 11.4. The Morgan fingerprint density at radius 1 is 1.29 bits per heavy atom.